The molecule has 2 N–H and O–H groups in total. The molecule has 3 nitrogen and oxygen atoms in total. The molecule has 0 radical (unpaired) electrons. The molecule has 1 heterocycles. The quantitative estimate of drug-likeness (QED) is 0.790. The lowest BCUT2D eigenvalue weighted by molar-refractivity contribution is 0.0671. The Balaban J connectivity index is 1.83. The topological polar surface area (TPSA) is 41.5 Å². The minimum atomic E-state index is -0.0534. The van der Waals surface area contributed by atoms with Crippen LogP contribution in [0.2, 0.25) is 0 Å². The highest BCUT2D eigenvalue weighted by Gasteiger charge is 2.34. The smallest absolute Gasteiger partial charge is 0.110 e. The molecule has 3 heteroatoms. The van der Waals surface area contributed by atoms with Gasteiger partial charge in [0.2, 0.25) is 0 Å². The molecule has 2 aliphatic rings. The third-order valence-corrected chi connectivity index (χ3v) is 4.12. The summed E-state index contributed by atoms with van der Waals surface area (Å²) in [6, 6.07) is 0. The maximum absolute atomic E-state index is 9.67. The normalized spacial score (nSPS) is 37.8. The Labute approximate surface area is 104 Å². The fraction of sp³-hybridized carbons (Fsp3) is 0.857. The molecule has 0 aromatic carbocycles. The van der Waals surface area contributed by atoms with Gasteiger partial charge in [-0.25, -0.2) is 0 Å². The van der Waals surface area contributed by atoms with Crippen molar-refractivity contribution in [2.45, 2.75) is 57.1 Å². The van der Waals surface area contributed by atoms with Crippen LogP contribution in [0.1, 0.15) is 45.4 Å². The van der Waals surface area contributed by atoms with Gasteiger partial charge in [0.15, 0.2) is 0 Å². The highest BCUT2D eigenvalue weighted by molar-refractivity contribution is 4.94. The Morgan fingerprint density at radius 2 is 2.35 bits per heavy atom. The molecule has 0 spiro atoms. The molecule has 1 aliphatic carbocycles. The number of allylic oxidation sites excluding steroid dienone is 1. The van der Waals surface area contributed by atoms with E-state index in [0.717, 1.165) is 38.1 Å². The van der Waals surface area contributed by atoms with Crippen molar-refractivity contribution in [2.24, 2.45) is 5.92 Å². The van der Waals surface area contributed by atoms with E-state index in [-0.39, 0.29) is 18.2 Å². The lowest BCUT2D eigenvalue weighted by Gasteiger charge is -2.40. The molecule has 0 amide bonds. The predicted molar refractivity (Wildman–Crippen MR) is 68.7 cm³/mol. The minimum absolute atomic E-state index is 0.0534. The summed E-state index contributed by atoms with van der Waals surface area (Å²) in [4.78, 5) is 0. The van der Waals surface area contributed by atoms with E-state index < -0.39 is 0 Å². The van der Waals surface area contributed by atoms with E-state index in [1.54, 1.807) is 0 Å². The lowest BCUT2D eigenvalue weighted by atomic mass is 9.76. The number of hydrogen-bond donors (Lipinski definition) is 2. The molecular formula is C14H25NO2. The lowest BCUT2D eigenvalue weighted by Crippen LogP contribution is -2.53. The van der Waals surface area contributed by atoms with E-state index in [4.69, 9.17) is 4.74 Å². The van der Waals surface area contributed by atoms with Gasteiger partial charge in [-0.2, -0.15) is 0 Å². The van der Waals surface area contributed by atoms with Gasteiger partial charge in [0.05, 0.1) is 12.9 Å². The molecular weight excluding hydrogens is 214 g/mol. The molecule has 0 aromatic rings. The third kappa shape index (κ3) is 3.46. The number of ether oxygens (including phenoxy) is 1. The van der Waals surface area contributed by atoms with Crippen molar-refractivity contribution in [1.82, 2.24) is 5.32 Å². The molecule has 0 saturated heterocycles. The van der Waals surface area contributed by atoms with E-state index in [2.05, 4.69) is 18.3 Å². The zero-order valence-electron chi connectivity index (χ0n) is 10.8. The van der Waals surface area contributed by atoms with Crippen LogP contribution in [0.15, 0.2) is 12.3 Å². The third-order valence-electron chi connectivity index (χ3n) is 4.12. The number of nitrogens with one attached hydrogen (secondary N) is 1. The van der Waals surface area contributed by atoms with Gasteiger partial charge in [0.25, 0.3) is 0 Å². The van der Waals surface area contributed by atoms with Crippen molar-refractivity contribution in [2.75, 3.05) is 13.2 Å². The second-order valence-corrected chi connectivity index (χ2v) is 5.73. The monoisotopic (exact) mass is 239 g/mol. The van der Waals surface area contributed by atoms with Gasteiger partial charge in [-0.3, -0.25) is 0 Å². The fourth-order valence-corrected chi connectivity index (χ4v) is 3.09. The Morgan fingerprint density at radius 3 is 3.00 bits per heavy atom. The van der Waals surface area contributed by atoms with Gasteiger partial charge in [-0.1, -0.05) is 19.8 Å². The molecule has 3 unspecified atom stereocenters. The van der Waals surface area contributed by atoms with Crippen LogP contribution in [-0.2, 0) is 4.74 Å². The summed E-state index contributed by atoms with van der Waals surface area (Å²) in [7, 11) is 0. The maximum atomic E-state index is 9.67. The SMILES string of the molecule is CC1CCCC(CO)(NCC2CCC=CO2)C1. The molecule has 0 aromatic heterocycles. The van der Waals surface area contributed by atoms with Crippen molar-refractivity contribution in [1.29, 1.82) is 0 Å². The largest absolute Gasteiger partial charge is 0.497 e. The van der Waals surface area contributed by atoms with Gasteiger partial charge < -0.3 is 15.2 Å². The van der Waals surface area contributed by atoms with Gasteiger partial charge >= 0.3 is 0 Å². The van der Waals surface area contributed by atoms with Crippen LogP contribution in [-0.4, -0.2) is 29.9 Å². The first kappa shape index (κ1) is 12.9. The molecule has 98 valence electrons. The van der Waals surface area contributed by atoms with Crippen LogP contribution in [0.5, 0.6) is 0 Å². The van der Waals surface area contributed by atoms with Crippen LogP contribution < -0.4 is 5.32 Å². The number of hydrogen-bond acceptors (Lipinski definition) is 3. The first-order chi connectivity index (χ1) is 8.24. The summed E-state index contributed by atoms with van der Waals surface area (Å²) < 4.78 is 5.56. The summed E-state index contributed by atoms with van der Waals surface area (Å²) in [6.45, 7) is 3.39. The second kappa shape index (κ2) is 5.87. The van der Waals surface area contributed by atoms with Gasteiger partial charge in [-0.15, -0.1) is 0 Å². The van der Waals surface area contributed by atoms with Crippen LogP contribution in [0, 0.1) is 5.92 Å². The van der Waals surface area contributed by atoms with Gasteiger partial charge in [0.1, 0.15) is 6.10 Å². The number of aliphatic hydroxyl groups is 1. The number of rotatable bonds is 4. The average molecular weight is 239 g/mol. The molecule has 0 bridgehead atoms. The Hall–Kier alpha value is -0.540. The minimum Gasteiger partial charge on any atom is -0.497 e. The van der Waals surface area contributed by atoms with Crippen LogP contribution in [0.4, 0.5) is 0 Å². The molecule has 3 atom stereocenters. The van der Waals surface area contributed by atoms with Crippen LogP contribution in [0.3, 0.4) is 0 Å². The van der Waals surface area contributed by atoms with Crippen molar-refractivity contribution < 1.29 is 9.84 Å². The molecule has 2 rings (SSSR count). The fourth-order valence-electron chi connectivity index (χ4n) is 3.09. The Kier molecular flexibility index (Phi) is 4.46. The van der Waals surface area contributed by atoms with Gasteiger partial charge in [-0.05, 0) is 37.7 Å². The first-order valence-electron chi connectivity index (χ1n) is 6.90. The summed E-state index contributed by atoms with van der Waals surface area (Å²) in [5.41, 5.74) is -0.0534. The molecule has 1 fully saturated rings. The van der Waals surface area contributed by atoms with E-state index >= 15 is 0 Å². The van der Waals surface area contributed by atoms with Crippen LogP contribution in [0.25, 0.3) is 0 Å². The van der Waals surface area contributed by atoms with E-state index in [9.17, 15) is 5.11 Å². The van der Waals surface area contributed by atoms with Crippen molar-refractivity contribution in [3.05, 3.63) is 12.3 Å². The zero-order valence-corrected chi connectivity index (χ0v) is 10.8. The van der Waals surface area contributed by atoms with E-state index in [1.807, 2.05) is 6.26 Å². The molecule has 17 heavy (non-hydrogen) atoms. The zero-order chi connectivity index (χ0) is 12.1. The number of aliphatic hydroxyl groups excluding tert-OH is 1. The summed E-state index contributed by atoms with van der Waals surface area (Å²) in [5, 5.41) is 13.2. The molecule has 1 aliphatic heterocycles. The Morgan fingerprint density at radius 1 is 1.47 bits per heavy atom. The van der Waals surface area contributed by atoms with E-state index in [0.29, 0.717) is 0 Å². The summed E-state index contributed by atoms with van der Waals surface area (Å²) >= 11 is 0. The van der Waals surface area contributed by atoms with Crippen molar-refractivity contribution in [3.8, 4) is 0 Å². The van der Waals surface area contributed by atoms with Crippen molar-refractivity contribution >= 4 is 0 Å². The highest BCUT2D eigenvalue weighted by Crippen LogP contribution is 2.32. The summed E-state index contributed by atoms with van der Waals surface area (Å²) in [5.74, 6) is 0.718. The average Bonchev–Trinajstić information content (AvgIpc) is 2.38. The standard InChI is InChI=1S/C14H25NO2/c1-12-5-4-7-14(9-12,11-16)15-10-13-6-2-3-8-17-13/h3,8,12-13,15-16H,2,4-7,9-11H2,1H3. The first-order valence-corrected chi connectivity index (χ1v) is 6.90. The highest BCUT2D eigenvalue weighted by atomic mass is 16.5. The Bertz CT molecular complexity index is 267. The van der Waals surface area contributed by atoms with E-state index in [1.165, 1.54) is 12.8 Å². The van der Waals surface area contributed by atoms with Crippen LogP contribution >= 0.6 is 0 Å². The predicted octanol–water partition coefficient (Wildman–Crippen LogP) is 2.21. The van der Waals surface area contributed by atoms with Crippen molar-refractivity contribution in [3.63, 3.8) is 0 Å². The summed E-state index contributed by atoms with van der Waals surface area (Å²) in [6.07, 6.45) is 11.1. The maximum Gasteiger partial charge on any atom is 0.110 e. The second-order valence-electron chi connectivity index (χ2n) is 5.73. The molecule has 1 saturated carbocycles. The van der Waals surface area contributed by atoms with Gasteiger partial charge in [0, 0.05) is 12.1 Å².